The zero-order chi connectivity index (χ0) is 24.9. The van der Waals surface area contributed by atoms with E-state index >= 15 is 0 Å². The molecule has 36 heavy (non-hydrogen) atoms. The van der Waals surface area contributed by atoms with Crippen LogP contribution >= 0.6 is 0 Å². The zero-order valence-corrected chi connectivity index (χ0v) is 17.4. The molecule has 0 saturated carbocycles. The molecule has 3 aromatic heterocycles. The molecule has 0 unspecified atom stereocenters. The molecule has 174 valence electrons. The van der Waals surface area contributed by atoms with Gasteiger partial charge >= 0.3 is 33.8 Å². The van der Waals surface area contributed by atoms with E-state index in [9.17, 15) is 28.8 Å². The highest BCUT2D eigenvalue weighted by Crippen LogP contribution is 2.39. The van der Waals surface area contributed by atoms with Gasteiger partial charge in [-0.2, -0.15) is 0 Å². The van der Waals surface area contributed by atoms with E-state index in [4.69, 9.17) is 26.5 Å². The van der Waals surface area contributed by atoms with Crippen molar-refractivity contribution in [3.63, 3.8) is 0 Å². The van der Waals surface area contributed by atoms with Crippen LogP contribution < -0.4 is 33.8 Å². The molecule has 4 aromatic carbocycles. The van der Waals surface area contributed by atoms with E-state index in [1.54, 1.807) is 0 Å². The van der Waals surface area contributed by atoms with Gasteiger partial charge in [-0.15, -0.1) is 0 Å². The molecule has 0 amide bonds. The van der Waals surface area contributed by atoms with Crippen LogP contribution in [0.1, 0.15) is 0 Å². The van der Waals surface area contributed by atoms with Crippen LogP contribution in [0.3, 0.4) is 0 Å². The van der Waals surface area contributed by atoms with Crippen LogP contribution in [0.15, 0.2) is 91.7 Å². The SMILES string of the molecule is O=c1oc2cc3c4cc5oc(=O)c(=O)oc5cc4c4cc5oc(=O)c(=O)oc5cc4c3cc2oc1=O. The Morgan fingerprint density at radius 1 is 0.278 bits per heavy atom. The Bertz CT molecular complexity index is 2010. The number of rotatable bonds is 0. The lowest BCUT2D eigenvalue weighted by atomic mass is 9.93. The van der Waals surface area contributed by atoms with Crippen LogP contribution in [0.25, 0.3) is 65.8 Å². The van der Waals surface area contributed by atoms with Crippen molar-refractivity contribution in [2.24, 2.45) is 0 Å². The summed E-state index contributed by atoms with van der Waals surface area (Å²) in [5.41, 5.74) is -7.42. The molecule has 0 aliphatic heterocycles. The Labute approximate surface area is 191 Å². The number of benzene rings is 4. The molecule has 7 aromatic rings. The fraction of sp³-hybridized carbons (Fsp3) is 0. The molecule has 0 bridgehead atoms. The molecule has 0 spiro atoms. The molecular formula is C24H6O12. The van der Waals surface area contributed by atoms with Gasteiger partial charge in [-0.05, 0) is 68.7 Å². The summed E-state index contributed by atoms with van der Waals surface area (Å²) in [5.74, 6) is 0. The molecule has 12 heteroatoms. The first kappa shape index (κ1) is 19.9. The van der Waals surface area contributed by atoms with Crippen LogP contribution in [0.5, 0.6) is 0 Å². The van der Waals surface area contributed by atoms with Crippen molar-refractivity contribution in [1.82, 2.24) is 0 Å². The minimum absolute atomic E-state index is 0.0350. The first-order valence-electron chi connectivity index (χ1n) is 10.1. The molecular weight excluding hydrogens is 480 g/mol. The minimum Gasteiger partial charge on any atom is -0.414 e. The van der Waals surface area contributed by atoms with Crippen molar-refractivity contribution in [2.45, 2.75) is 0 Å². The van der Waals surface area contributed by atoms with Crippen molar-refractivity contribution in [3.8, 4) is 0 Å². The zero-order valence-electron chi connectivity index (χ0n) is 17.4. The summed E-state index contributed by atoms with van der Waals surface area (Å²) in [5, 5.41) is 2.73. The van der Waals surface area contributed by atoms with Gasteiger partial charge in [-0.1, -0.05) is 0 Å². The van der Waals surface area contributed by atoms with E-state index in [1.165, 1.54) is 36.4 Å². The van der Waals surface area contributed by atoms with E-state index in [0.29, 0.717) is 32.3 Å². The lowest BCUT2D eigenvalue weighted by molar-refractivity contribution is 0.449. The van der Waals surface area contributed by atoms with Crippen molar-refractivity contribution in [2.75, 3.05) is 0 Å². The highest BCUT2D eigenvalue weighted by atomic mass is 16.5. The summed E-state index contributed by atoms with van der Waals surface area (Å²) in [7, 11) is 0. The van der Waals surface area contributed by atoms with Gasteiger partial charge in [0.25, 0.3) is 0 Å². The van der Waals surface area contributed by atoms with Gasteiger partial charge in [0.2, 0.25) is 0 Å². The molecule has 0 radical (unpaired) electrons. The molecule has 0 saturated heterocycles. The van der Waals surface area contributed by atoms with Gasteiger partial charge < -0.3 is 26.5 Å². The summed E-state index contributed by atoms with van der Waals surface area (Å²) in [6.45, 7) is 0. The monoisotopic (exact) mass is 486 g/mol. The molecule has 0 aliphatic rings. The van der Waals surface area contributed by atoms with Crippen LogP contribution in [0.4, 0.5) is 0 Å². The summed E-state index contributed by atoms with van der Waals surface area (Å²) in [4.78, 5) is 70.5. The first-order valence-corrected chi connectivity index (χ1v) is 10.1. The van der Waals surface area contributed by atoms with Gasteiger partial charge in [0.15, 0.2) is 33.5 Å². The van der Waals surface area contributed by atoms with Crippen LogP contribution in [-0.2, 0) is 0 Å². The molecule has 0 fully saturated rings. The van der Waals surface area contributed by atoms with Crippen molar-refractivity contribution in [1.29, 1.82) is 0 Å². The third-order valence-corrected chi connectivity index (χ3v) is 5.84. The van der Waals surface area contributed by atoms with Gasteiger partial charge in [-0.25, -0.2) is 28.8 Å². The van der Waals surface area contributed by atoms with Crippen LogP contribution in [-0.4, -0.2) is 0 Å². The Morgan fingerprint density at radius 2 is 0.417 bits per heavy atom. The fourth-order valence-electron chi connectivity index (χ4n) is 4.34. The quantitative estimate of drug-likeness (QED) is 0.174. The average Bonchev–Trinajstić information content (AvgIpc) is 2.84. The second-order valence-electron chi connectivity index (χ2n) is 7.87. The highest BCUT2D eigenvalue weighted by Gasteiger charge is 2.18. The smallest absolute Gasteiger partial charge is 0.414 e. The van der Waals surface area contributed by atoms with Gasteiger partial charge in [-0.3, -0.25) is 0 Å². The standard InChI is InChI=1S/C24H6O12/c25-19-20(26)32-14-2-8-7(1-13(14)31-19)9-3-15-16(34-22(28)21(27)33-15)5-11(9)12-6-18-17(4-10(8)12)35-23(29)24(30)36-18/h1-6H. The normalized spacial score (nSPS) is 12.0. The van der Waals surface area contributed by atoms with E-state index in [-0.39, 0.29) is 33.5 Å². The predicted molar refractivity (Wildman–Crippen MR) is 123 cm³/mol. The number of fused-ring (bicyclic) bond motifs is 9. The predicted octanol–water partition coefficient (Wildman–Crippen LogP) is 2.33. The molecule has 7 rings (SSSR count). The number of hydrogen-bond acceptors (Lipinski definition) is 12. The maximum absolute atomic E-state index is 11.8. The summed E-state index contributed by atoms with van der Waals surface area (Å²) < 4.78 is 30.5. The topological polar surface area (TPSA) is 181 Å². The Balaban J connectivity index is 1.82. The van der Waals surface area contributed by atoms with E-state index < -0.39 is 33.8 Å². The lowest BCUT2D eigenvalue weighted by Crippen LogP contribution is -2.21. The van der Waals surface area contributed by atoms with Crippen molar-refractivity contribution in [3.05, 3.63) is 98.9 Å². The third kappa shape index (κ3) is 2.63. The molecule has 0 atom stereocenters. The Hall–Kier alpha value is -5.52. The summed E-state index contributed by atoms with van der Waals surface area (Å²) in [6.07, 6.45) is 0. The second-order valence-corrected chi connectivity index (χ2v) is 7.87. The minimum atomic E-state index is -1.20. The van der Waals surface area contributed by atoms with Gasteiger partial charge in [0.05, 0.1) is 0 Å². The maximum Gasteiger partial charge on any atom is 0.423 e. The highest BCUT2D eigenvalue weighted by molar-refractivity contribution is 6.29. The Morgan fingerprint density at radius 3 is 0.556 bits per heavy atom. The molecule has 3 heterocycles. The van der Waals surface area contributed by atoms with Gasteiger partial charge in [0, 0.05) is 0 Å². The summed E-state index contributed by atoms with van der Waals surface area (Å²) in [6, 6.07) is 8.70. The maximum atomic E-state index is 11.8. The second kappa shape index (κ2) is 6.54. The van der Waals surface area contributed by atoms with Crippen LogP contribution in [0, 0.1) is 0 Å². The molecule has 12 nitrogen and oxygen atoms in total. The van der Waals surface area contributed by atoms with E-state index in [0.717, 1.165) is 0 Å². The number of hydrogen-bond donors (Lipinski definition) is 0. The first-order chi connectivity index (χ1) is 17.3. The van der Waals surface area contributed by atoms with E-state index in [1.807, 2.05) is 0 Å². The molecule has 0 aliphatic carbocycles. The molecule has 0 N–H and O–H groups in total. The largest absolute Gasteiger partial charge is 0.423 e. The van der Waals surface area contributed by atoms with Gasteiger partial charge in [0.1, 0.15) is 0 Å². The lowest BCUT2D eigenvalue weighted by Gasteiger charge is -2.11. The average molecular weight is 486 g/mol. The van der Waals surface area contributed by atoms with Crippen LogP contribution in [0.2, 0.25) is 0 Å². The summed E-state index contributed by atoms with van der Waals surface area (Å²) >= 11 is 0. The van der Waals surface area contributed by atoms with Crippen molar-refractivity contribution < 1.29 is 26.5 Å². The third-order valence-electron chi connectivity index (χ3n) is 5.84. The van der Waals surface area contributed by atoms with E-state index in [2.05, 4.69) is 0 Å². The Kier molecular flexibility index (Phi) is 3.61. The van der Waals surface area contributed by atoms with Crippen molar-refractivity contribution >= 4 is 65.8 Å². The fourth-order valence-corrected chi connectivity index (χ4v) is 4.34.